The number of benzene rings is 2. The van der Waals surface area contributed by atoms with E-state index in [2.05, 4.69) is 47.1 Å². The van der Waals surface area contributed by atoms with E-state index in [9.17, 15) is 4.79 Å². The van der Waals surface area contributed by atoms with Gasteiger partial charge in [-0.2, -0.15) is 0 Å². The SMILES string of the molecule is CC/C=C1\N(Cc2cc(OC)cc(OC)c2C)C(=O)N(C)C12CCN(Cc1cccc3cccnc13)CC2. The number of ether oxygens (including phenoxy) is 2. The van der Waals surface area contributed by atoms with Crippen LogP contribution in [0.1, 0.15) is 42.9 Å². The lowest BCUT2D eigenvalue weighted by atomic mass is 9.83. The van der Waals surface area contributed by atoms with E-state index in [4.69, 9.17) is 9.47 Å². The Balaban J connectivity index is 1.39. The lowest BCUT2D eigenvalue weighted by Gasteiger charge is -2.43. The summed E-state index contributed by atoms with van der Waals surface area (Å²) in [6.45, 7) is 7.37. The maximum absolute atomic E-state index is 13.7. The molecule has 3 aromatic rings. The van der Waals surface area contributed by atoms with Gasteiger partial charge >= 0.3 is 6.03 Å². The molecule has 2 aromatic carbocycles. The van der Waals surface area contributed by atoms with Crippen LogP contribution in [-0.4, -0.2) is 65.6 Å². The molecule has 5 rings (SSSR count). The molecule has 2 fully saturated rings. The van der Waals surface area contributed by atoms with E-state index in [1.54, 1.807) is 14.2 Å². The molecule has 0 aliphatic carbocycles. The number of fused-ring (bicyclic) bond motifs is 1. The van der Waals surface area contributed by atoms with Gasteiger partial charge < -0.3 is 14.4 Å². The first-order chi connectivity index (χ1) is 18.4. The second-order valence-electron chi connectivity index (χ2n) is 10.3. The molecule has 38 heavy (non-hydrogen) atoms. The highest BCUT2D eigenvalue weighted by molar-refractivity contribution is 5.82. The summed E-state index contributed by atoms with van der Waals surface area (Å²) in [5, 5.41) is 1.17. The number of amides is 2. The highest BCUT2D eigenvalue weighted by atomic mass is 16.5. The van der Waals surface area contributed by atoms with Crippen molar-refractivity contribution >= 4 is 16.9 Å². The predicted octanol–water partition coefficient (Wildman–Crippen LogP) is 5.76. The summed E-state index contributed by atoms with van der Waals surface area (Å²) in [4.78, 5) is 24.8. The van der Waals surface area contributed by atoms with Gasteiger partial charge in [0.2, 0.25) is 0 Å². The first-order valence-corrected chi connectivity index (χ1v) is 13.4. The molecule has 7 nitrogen and oxygen atoms in total. The Morgan fingerprint density at radius 1 is 1.03 bits per heavy atom. The Bertz CT molecular complexity index is 1360. The fraction of sp³-hybridized carbons (Fsp3) is 0.419. The van der Waals surface area contributed by atoms with Gasteiger partial charge in [-0.15, -0.1) is 0 Å². The van der Waals surface area contributed by atoms with Crippen LogP contribution in [-0.2, 0) is 13.1 Å². The predicted molar refractivity (Wildman–Crippen MR) is 150 cm³/mol. The normalized spacial score (nSPS) is 18.7. The number of para-hydroxylation sites is 1. The minimum Gasteiger partial charge on any atom is -0.497 e. The zero-order valence-corrected chi connectivity index (χ0v) is 23.2. The van der Waals surface area contributed by atoms with Gasteiger partial charge in [0.1, 0.15) is 11.5 Å². The standard InChI is InChI=1S/C31H38N4O3/c1-6-9-28-31(13-16-34(17-14-31)20-24-11-7-10-23-12-8-15-32-29(23)24)33(3)30(36)35(28)21-25-18-26(37-4)19-27(38-5)22(25)2/h7-12,15,18-19H,6,13-14,16-17,20-21H2,1-5H3/b28-9-. The molecule has 0 bridgehead atoms. The lowest BCUT2D eigenvalue weighted by molar-refractivity contribution is 0.100. The second kappa shape index (κ2) is 10.7. The minimum absolute atomic E-state index is 0.0533. The van der Waals surface area contributed by atoms with Crippen molar-refractivity contribution in [2.45, 2.75) is 51.7 Å². The van der Waals surface area contributed by atoms with Crippen LogP contribution in [0.5, 0.6) is 11.5 Å². The van der Waals surface area contributed by atoms with Crippen LogP contribution >= 0.6 is 0 Å². The average molecular weight is 515 g/mol. The number of carbonyl (C=O) groups excluding carboxylic acids is 1. The summed E-state index contributed by atoms with van der Waals surface area (Å²) >= 11 is 0. The number of methoxy groups -OCH3 is 2. The maximum Gasteiger partial charge on any atom is 0.325 e. The van der Waals surface area contributed by atoms with Crippen LogP contribution in [0, 0.1) is 6.92 Å². The molecule has 1 spiro atoms. The van der Waals surface area contributed by atoms with Crippen molar-refractivity contribution in [3.63, 3.8) is 0 Å². The van der Waals surface area contributed by atoms with Crippen LogP contribution in [0.4, 0.5) is 4.79 Å². The van der Waals surface area contributed by atoms with Gasteiger partial charge in [0.25, 0.3) is 0 Å². The van der Waals surface area contributed by atoms with E-state index < -0.39 is 0 Å². The number of piperidine rings is 1. The van der Waals surface area contributed by atoms with Gasteiger partial charge in [0.15, 0.2) is 0 Å². The van der Waals surface area contributed by atoms with Crippen molar-refractivity contribution in [1.82, 2.24) is 19.7 Å². The summed E-state index contributed by atoms with van der Waals surface area (Å²) in [6.07, 6.45) is 6.79. The first kappa shape index (κ1) is 26.0. The van der Waals surface area contributed by atoms with Crippen molar-refractivity contribution in [3.05, 3.63) is 77.1 Å². The molecule has 0 N–H and O–H groups in total. The largest absolute Gasteiger partial charge is 0.497 e. The topological polar surface area (TPSA) is 58.1 Å². The maximum atomic E-state index is 13.7. The molecule has 2 amide bonds. The molecule has 3 heterocycles. The molecule has 0 radical (unpaired) electrons. The van der Waals surface area contributed by atoms with E-state index >= 15 is 0 Å². The molecule has 0 unspecified atom stereocenters. The Morgan fingerprint density at radius 3 is 2.50 bits per heavy atom. The fourth-order valence-corrected chi connectivity index (χ4v) is 6.13. The van der Waals surface area contributed by atoms with Gasteiger partial charge in [-0.05, 0) is 55.0 Å². The van der Waals surface area contributed by atoms with Gasteiger partial charge in [0, 0.05) is 50.0 Å². The van der Waals surface area contributed by atoms with E-state index in [-0.39, 0.29) is 11.6 Å². The van der Waals surface area contributed by atoms with Gasteiger partial charge in [0.05, 0.1) is 31.8 Å². The van der Waals surface area contributed by atoms with Gasteiger partial charge in [-0.25, -0.2) is 4.79 Å². The third-order valence-corrected chi connectivity index (χ3v) is 8.34. The van der Waals surface area contributed by atoms with E-state index in [1.165, 1.54) is 10.9 Å². The molecule has 2 aliphatic heterocycles. The number of rotatable bonds is 7. The highest BCUT2D eigenvalue weighted by Gasteiger charge is 2.52. The van der Waals surface area contributed by atoms with Gasteiger partial charge in [-0.1, -0.05) is 37.3 Å². The van der Waals surface area contributed by atoms with Crippen LogP contribution in [0.15, 0.2) is 60.4 Å². The number of pyridine rings is 1. The molecular weight excluding hydrogens is 476 g/mol. The Kier molecular flexibility index (Phi) is 7.30. The number of nitrogens with zero attached hydrogens (tertiary/aromatic N) is 4. The van der Waals surface area contributed by atoms with Crippen molar-refractivity contribution in [2.75, 3.05) is 34.4 Å². The van der Waals surface area contributed by atoms with Crippen molar-refractivity contribution in [2.24, 2.45) is 0 Å². The van der Waals surface area contributed by atoms with Crippen LogP contribution < -0.4 is 9.47 Å². The molecular formula is C31H38N4O3. The summed E-state index contributed by atoms with van der Waals surface area (Å²) in [7, 11) is 5.29. The quantitative estimate of drug-likeness (QED) is 0.401. The number of likely N-dealkylation sites (N-methyl/N-ethyl adjacent to an activating group) is 1. The Labute approximate surface area is 225 Å². The molecule has 200 valence electrons. The smallest absolute Gasteiger partial charge is 0.325 e. The van der Waals surface area contributed by atoms with Crippen LogP contribution in [0.3, 0.4) is 0 Å². The molecule has 0 saturated carbocycles. The molecule has 2 saturated heterocycles. The summed E-state index contributed by atoms with van der Waals surface area (Å²) in [5.74, 6) is 1.50. The van der Waals surface area contributed by atoms with Crippen molar-refractivity contribution in [1.29, 1.82) is 0 Å². The van der Waals surface area contributed by atoms with Gasteiger partial charge in [-0.3, -0.25) is 14.8 Å². The molecule has 2 aliphatic rings. The third kappa shape index (κ3) is 4.49. The number of aromatic nitrogens is 1. The number of hydrogen-bond donors (Lipinski definition) is 0. The third-order valence-electron chi connectivity index (χ3n) is 8.34. The zero-order chi connectivity index (χ0) is 26.9. The summed E-state index contributed by atoms with van der Waals surface area (Å²) in [5.41, 5.74) is 5.22. The lowest BCUT2D eigenvalue weighted by Crippen LogP contribution is -2.52. The van der Waals surface area contributed by atoms with E-state index in [1.807, 2.05) is 48.2 Å². The number of likely N-dealkylation sites (tertiary alicyclic amines) is 1. The van der Waals surface area contributed by atoms with Crippen molar-refractivity contribution in [3.8, 4) is 11.5 Å². The minimum atomic E-state index is -0.294. The highest BCUT2D eigenvalue weighted by Crippen LogP contribution is 2.44. The molecule has 7 heteroatoms. The monoisotopic (exact) mass is 514 g/mol. The number of hydrogen-bond acceptors (Lipinski definition) is 5. The molecule has 1 aromatic heterocycles. The number of allylic oxidation sites excluding steroid dienone is 1. The Hall–Kier alpha value is -3.58. The fourth-order valence-electron chi connectivity index (χ4n) is 6.13. The number of urea groups is 1. The second-order valence-corrected chi connectivity index (χ2v) is 10.3. The first-order valence-electron chi connectivity index (χ1n) is 13.4. The average Bonchev–Trinajstić information content (AvgIpc) is 3.12. The number of carbonyl (C=O) groups is 1. The molecule has 0 atom stereocenters. The zero-order valence-electron chi connectivity index (χ0n) is 23.2. The van der Waals surface area contributed by atoms with Crippen LogP contribution in [0.25, 0.3) is 10.9 Å². The van der Waals surface area contributed by atoms with Crippen molar-refractivity contribution < 1.29 is 14.3 Å². The summed E-state index contributed by atoms with van der Waals surface area (Å²) in [6, 6.07) is 14.5. The van der Waals surface area contributed by atoms with E-state index in [0.717, 1.165) is 72.7 Å². The Morgan fingerprint density at radius 2 is 1.79 bits per heavy atom. The van der Waals surface area contributed by atoms with Crippen LogP contribution in [0.2, 0.25) is 0 Å². The van der Waals surface area contributed by atoms with E-state index in [0.29, 0.717) is 6.54 Å². The summed E-state index contributed by atoms with van der Waals surface area (Å²) < 4.78 is 11.1.